The molecular formula is C12H26N2. The van der Waals surface area contributed by atoms with Crippen molar-refractivity contribution in [1.82, 2.24) is 10.2 Å². The zero-order valence-corrected chi connectivity index (χ0v) is 10.2. The topological polar surface area (TPSA) is 15.3 Å². The Morgan fingerprint density at radius 2 is 2.07 bits per heavy atom. The van der Waals surface area contributed by atoms with Crippen LogP contribution in [0, 0.1) is 0 Å². The van der Waals surface area contributed by atoms with Gasteiger partial charge >= 0.3 is 0 Å². The Labute approximate surface area is 89.1 Å². The molecule has 1 aliphatic rings. The number of hydrogen-bond donors (Lipinski definition) is 1. The van der Waals surface area contributed by atoms with Gasteiger partial charge < -0.3 is 10.2 Å². The maximum Gasteiger partial charge on any atom is 0.0110 e. The molecule has 0 amide bonds. The first-order valence-corrected chi connectivity index (χ1v) is 6.10. The normalized spacial score (nSPS) is 27.9. The largest absolute Gasteiger partial charge is 0.314 e. The monoisotopic (exact) mass is 198 g/mol. The third-order valence-electron chi connectivity index (χ3n) is 3.48. The van der Waals surface area contributed by atoms with E-state index in [9.17, 15) is 0 Å². The smallest absolute Gasteiger partial charge is 0.0110 e. The fourth-order valence-corrected chi connectivity index (χ4v) is 2.28. The van der Waals surface area contributed by atoms with E-state index in [-0.39, 0.29) is 0 Å². The molecule has 84 valence electrons. The molecule has 2 atom stereocenters. The van der Waals surface area contributed by atoms with E-state index >= 15 is 0 Å². The standard InChI is InChI=1S/C12H26N2/c1-5-8-13-11-6-7-12(9-11)14(4)10(2)3/h10-13H,5-9H2,1-4H3. The zero-order valence-electron chi connectivity index (χ0n) is 10.2. The van der Waals surface area contributed by atoms with Crippen molar-refractivity contribution in [3.05, 3.63) is 0 Å². The van der Waals surface area contributed by atoms with E-state index in [1.807, 2.05) is 0 Å². The Balaban J connectivity index is 2.26. The van der Waals surface area contributed by atoms with Gasteiger partial charge in [-0.2, -0.15) is 0 Å². The predicted octanol–water partition coefficient (Wildman–Crippen LogP) is 2.25. The second-order valence-corrected chi connectivity index (χ2v) is 4.88. The summed E-state index contributed by atoms with van der Waals surface area (Å²) in [5.74, 6) is 0. The molecular weight excluding hydrogens is 172 g/mol. The highest BCUT2D eigenvalue weighted by atomic mass is 15.2. The van der Waals surface area contributed by atoms with Crippen molar-refractivity contribution in [2.75, 3.05) is 13.6 Å². The van der Waals surface area contributed by atoms with Crippen LogP contribution in [0.2, 0.25) is 0 Å². The summed E-state index contributed by atoms with van der Waals surface area (Å²) >= 11 is 0. The molecule has 0 heterocycles. The molecule has 1 fully saturated rings. The van der Waals surface area contributed by atoms with Gasteiger partial charge in [0.05, 0.1) is 0 Å². The van der Waals surface area contributed by atoms with E-state index in [1.54, 1.807) is 0 Å². The van der Waals surface area contributed by atoms with Crippen molar-refractivity contribution < 1.29 is 0 Å². The van der Waals surface area contributed by atoms with Crippen LogP contribution in [0.5, 0.6) is 0 Å². The fourth-order valence-electron chi connectivity index (χ4n) is 2.28. The van der Waals surface area contributed by atoms with E-state index in [1.165, 1.54) is 32.2 Å². The van der Waals surface area contributed by atoms with Gasteiger partial charge in [-0.05, 0) is 53.1 Å². The first kappa shape index (κ1) is 12.0. The van der Waals surface area contributed by atoms with Crippen LogP contribution < -0.4 is 5.32 Å². The van der Waals surface area contributed by atoms with Gasteiger partial charge in [-0.15, -0.1) is 0 Å². The molecule has 0 radical (unpaired) electrons. The number of hydrogen-bond acceptors (Lipinski definition) is 2. The molecule has 2 heteroatoms. The quantitative estimate of drug-likeness (QED) is 0.729. The van der Waals surface area contributed by atoms with E-state index in [0.717, 1.165) is 12.1 Å². The SMILES string of the molecule is CCCNC1CCC(N(C)C(C)C)C1. The number of nitrogens with zero attached hydrogens (tertiary/aromatic N) is 1. The van der Waals surface area contributed by atoms with Gasteiger partial charge in [0.1, 0.15) is 0 Å². The number of rotatable bonds is 5. The second kappa shape index (κ2) is 5.72. The molecule has 1 aliphatic carbocycles. The lowest BCUT2D eigenvalue weighted by molar-refractivity contribution is 0.195. The third-order valence-corrected chi connectivity index (χ3v) is 3.48. The summed E-state index contributed by atoms with van der Waals surface area (Å²) in [6.45, 7) is 7.99. The molecule has 0 aromatic carbocycles. The van der Waals surface area contributed by atoms with Gasteiger partial charge in [0.2, 0.25) is 0 Å². The van der Waals surface area contributed by atoms with Crippen molar-refractivity contribution in [1.29, 1.82) is 0 Å². The summed E-state index contributed by atoms with van der Waals surface area (Å²) in [4.78, 5) is 2.52. The summed E-state index contributed by atoms with van der Waals surface area (Å²) in [6, 6.07) is 2.27. The minimum absolute atomic E-state index is 0.685. The summed E-state index contributed by atoms with van der Waals surface area (Å²) in [5, 5.41) is 3.63. The highest BCUT2D eigenvalue weighted by Crippen LogP contribution is 2.24. The van der Waals surface area contributed by atoms with Crippen LogP contribution in [0.3, 0.4) is 0 Å². The van der Waals surface area contributed by atoms with E-state index < -0.39 is 0 Å². The molecule has 1 N–H and O–H groups in total. The lowest BCUT2D eigenvalue weighted by Gasteiger charge is -2.28. The van der Waals surface area contributed by atoms with Crippen molar-refractivity contribution in [2.45, 2.75) is 64.6 Å². The van der Waals surface area contributed by atoms with Crippen LogP contribution in [0.4, 0.5) is 0 Å². The van der Waals surface area contributed by atoms with Crippen LogP contribution in [-0.4, -0.2) is 36.6 Å². The Kier molecular flexibility index (Phi) is 4.90. The molecule has 2 nitrogen and oxygen atoms in total. The van der Waals surface area contributed by atoms with Gasteiger partial charge in [0.25, 0.3) is 0 Å². The van der Waals surface area contributed by atoms with Crippen LogP contribution in [-0.2, 0) is 0 Å². The summed E-state index contributed by atoms with van der Waals surface area (Å²) < 4.78 is 0. The Morgan fingerprint density at radius 3 is 2.64 bits per heavy atom. The molecule has 14 heavy (non-hydrogen) atoms. The van der Waals surface area contributed by atoms with Crippen LogP contribution in [0.1, 0.15) is 46.5 Å². The second-order valence-electron chi connectivity index (χ2n) is 4.88. The maximum atomic E-state index is 3.63. The highest BCUT2D eigenvalue weighted by Gasteiger charge is 2.27. The minimum Gasteiger partial charge on any atom is -0.314 e. The predicted molar refractivity (Wildman–Crippen MR) is 62.6 cm³/mol. The summed E-state index contributed by atoms with van der Waals surface area (Å²) in [5.41, 5.74) is 0. The maximum absolute atomic E-state index is 3.63. The van der Waals surface area contributed by atoms with Crippen LogP contribution >= 0.6 is 0 Å². The summed E-state index contributed by atoms with van der Waals surface area (Å²) in [6.07, 6.45) is 5.33. The zero-order chi connectivity index (χ0) is 10.6. The Hall–Kier alpha value is -0.0800. The first-order valence-electron chi connectivity index (χ1n) is 6.10. The Morgan fingerprint density at radius 1 is 1.36 bits per heavy atom. The summed E-state index contributed by atoms with van der Waals surface area (Å²) in [7, 11) is 2.26. The van der Waals surface area contributed by atoms with E-state index in [4.69, 9.17) is 0 Å². The van der Waals surface area contributed by atoms with Gasteiger partial charge in [0, 0.05) is 18.1 Å². The average molecular weight is 198 g/mol. The van der Waals surface area contributed by atoms with Crippen molar-refractivity contribution in [2.24, 2.45) is 0 Å². The van der Waals surface area contributed by atoms with Crippen molar-refractivity contribution in [3.63, 3.8) is 0 Å². The highest BCUT2D eigenvalue weighted by molar-refractivity contribution is 4.86. The molecule has 0 aromatic rings. The Bertz CT molecular complexity index is 156. The lowest BCUT2D eigenvalue weighted by atomic mass is 10.2. The molecule has 1 saturated carbocycles. The van der Waals surface area contributed by atoms with Crippen LogP contribution in [0.15, 0.2) is 0 Å². The molecule has 0 saturated heterocycles. The minimum atomic E-state index is 0.685. The van der Waals surface area contributed by atoms with Gasteiger partial charge in [-0.1, -0.05) is 6.92 Å². The molecule has 0 aromatic heterocycles. The molecule has 0 bridgehead atoms. The van der Waals surface area contributed by atoms with Crippen molar-refractivity contribution >= 4 is 0 Å². The first-order chi connectivity index (χ1) is 6.65. The molecule has 0 aliphatic heterocycles. The van der Waals surface area contributed by atoms with Crippen molar-refractivity contribution in [3.8, 4) is 0 Å². The fraction of sp³-hybridized carbons (Fsp3) is 1.00. The van der Waals surface area contributed by atoms with Crippen LogP contribution in [0.25, 0.3) is 0 Å². The lowest BCUT2D eigenvalue weighted by Crippen LogP contribution is -2.37. The van der Waals surface area contributed by atoms with Gasteiger partial charge in [-0.3, -0.25) is 0 Å². The van der Waals surface area contributed by atoms with E-state index in [0.29, 0.717) is 6.04 Å². The third kappa shape index (κ3) is 3.25. The van der Waals surface area contributed by atoms with E-state index in [2.05, 4.69) is 38.0 Å². The van der Waals surface area contributed by atoms with Gasteiger partial charge in [0.15, 0.2) is 0 Å². The molecule has 0 spiro atoms. The molecule has 2 unspecified atom stereocenters. The van der Waals surface area contributed by atoms with Gasteiger partial charge in [-0.25, -0.2) is 0 Å². The molecule has 1 rings (SSSR count). The average Bonchev–Trinajstić information content (AvgIpc) is 2.61. The number of nitrogens with one attached hydrogen (secondary N) is 1.